The first-order valence-corrected chi connectivity index (χ1v) is 11.1. The molecule has 3 aromatic carbocycles. The zero-order chi connectivity index (χ0) is 24.0. The highest BCUT2D eigenvalue weighted by atomic mass is 16.7. The molecule has 0 fully saturated rings. The van der Waals surface area contributed by atoms with Crippen molar-refractivity contribution in [1.82, 2.24) is 4.57 Å². The van der Waals surface area contributed by atoms with E-state index in [4.69, 9.17) is 4.84 Å². The minimum Gasteiger partial charge on any atom is -0.341 e. The summed E-state index contributed by atoms with van der Waals surface area (Å²) in [6, 6.07) is 18.9. The number of Topliss-reactive ketones (excluding diaryl/α,β-unsaturated/α-hetero) is 2. The van der Waals surface area contributed by atoms with Gasteiger partial charge in [-0.3, -0.25) is 9.59 Å². The fourth-order valence-corrected chi connectivity index (χ4v) is 4.53. The molecule has 1 heterocycles. The molecule has 0 spiro atoms. The van der Waals surface area contributed by atoms with Crippen LogP contribution in [0.3, 0.4) is 0 Å². The van der Waals surface area contributed by atoms with E-state index in [0.717, 1.165) is 39.5 Å². The van der Waals surface area contributed by atoms with Crippen LogP contribution in [0, 0.1) is 0 Å². The van der Waals surface area contributed by atoms with E-state index in [1.807, 2.05) is 36.4 Å². The van der Waals surface area contributed by atoms with Gasteiger partial charge in [-0.2, -0.15) is 0 Å². The van der Waals surface area contributed by atoms with Crippen molar-refractivity contribution in [2.45, 2.75) is 27.3 Å². The molecule has 168 valence electrons. The number of hydrogen-bond acceptors (Lipinski definition) is 5. The van der Waals surface area contributed by atoms with E-state index in [2.05, 4.69) is 16.6 Å². The molecule has 0 aliphatic heterocycles. The number of carbonyl (C=O) groups is 3. The normalized spacial score (nSPS) is 13.6. The Labute approximate surface area is 196 Å². The van der Waals surface area contributed by atoms with Crippen LogP contribution < -0.4 is 0 Å². The van der Waals surface area contributed by atoms with Gasteiger partial charge < -0.3 is 9.40 Å². The molecule has 5 rings (SSSR count). The van der Waals surface area contributed by atoms with E-state index in [1.165, 1.54) is 6.92 Å². The van der Waals surface area contributed by atoms with Crippen LogP contribution >= 0.6 is 0 Å². The molecule has 0 N–H and O–H groups in total. The summed E-state index contributed by atoms with van der Waals surface area (Å²) in [6.45, 7) is 5.97. The second-order valence-corrected chi connectivity index (χ2v) is 8.27. The number of ketones is 2. The van der Waals surface area contributed by atoms with E-state index >= 15 is 0 Å². The van der Waals surface area contributed by atoms with Gasteiger partial charge in [0.1, 0.15) is 0 Å². The van der Waals surface area contributed by atoms with Crippen molar-refractivity contribution in [1.29, 1.82) is 0 Å². The molecule has 1 aromatic heterocycles. The van der Waals surface area contributed by atoms with Gasteiger partial charge in [0.05, 0.1) is 11.3 Å². The molecule has 1 aliphatic carbocycles. The lowest BCUT2D eigenvalue weighted by atomic mass is 10.0. The van der Waals surface area contributed by atoms with E-state index in [9.17, 15) is 14.4 Å². The predicted molar refractivity (Wildman–Crippen MR) is 132 cm³/mol. The molecular weight excluding hydrogens is 428 g/mol. The van der Waals surface area contributed by atoms with Gasteiger partial charge in [-0.05, 0) is 55.3 Å². The smallest absolute Gasteiger partial charge is 0.331 e. The van der Waals surface area contributed by atoms with Crippen molar-refractivity contribution in [2.75, 3.05) is 0 Å². The van der Waals surface area contributed by atoms with Crippen LogP contribution in [0.1, 0.15) is 52.6 Å². The van der Waals surface area contributed by atoms with Crippen molar-refractivity contribution in [3.63, 3.8) is 0 Å². The van der Waals surface area contributed by atoms with Crippen LogP contribution in [-0.2, 0) is 16.2 Å². The molecule has 0 radical (unpaired) electrons. The standard InChI is InChI=1S/C28H22N2O4/c1-4-30-25-11-9-18(14-24-27(32)20-7-5-6-8-21(20)28(24)33)13-22(25)23-15-19(10-12-26(23)30)16(2)29-34-17(3)31/h5-15H,4H2,1-3H3. The largest absolute Gasteiger partial charge is 0.341 e. The number of benzene rings is 3. The van der Waals surface area contributed by atoms with Gasteiger partial charge in [-0.25, -0.2) is 4.79 Å². The third-order valence-corrected chi connectivity index (χ3v) is 6.15. The molecule has 0 bridgehead atoms. The molecule has 0 atom stereocenters. The maximum absolute atomic E-state index is 12.8. The molecule has 0 saturated heterocycles. The molecule has 0 amide bonds. The van der Waals surface area contributed by atoms with Gasteiger partial charge in [0.2, 0.25) is 0 Å². The lowest BCUT2D eigenvalue weighted by molar-refractivity contribution is -0.140. The summed E-state index contributed by atoms with van der Waals surface area (Å²) in [5, 5.41) is 5.92. The van der Waals surface area contributed by atoms with E-state index < -0.39 is 5.97 Å². The van der Waals surface area contributed by atoms with Gasteiger partial charge in [0.15, 0.2) is 11.6 Å². The van der Waals surface area contributed by atoms with Crippen LogP contribution in [0.4, 0.5) is 0 Å². The molecular formula is C28H22N2O4. The minimum absolute atomic E-state index is 0.185. The fourth-order valence-electron chi connectivity index (χ4n) is 4.53. The van der Waals surface area contributed by atoms with Crippen molar-refractivity contribution >= 4 is 51.1 Å². The van der Waals surface area contributed by atoms with Gasteiger partial charge in [0, 0.05) is 46.4 Å². The quantitative estimate of drug-likeness (QED) is 0.134. The first kappa shape index (κ1) is 21.5. The van der Waals surface area contributed by atoms with E-state index in [-0.39, 0.29) is 17.1 Å². The second kappa shape index (κ2) is 8.23. The Morgan fingerprint density at radius 2 is 1.53 bits per heavy atom. The van der Waals surface area contributed by atoms with E-state index in [0.29, 0.717) is 16.8 Å². The Morgan fingerprint density at radius 3 is 2.15 bits per heavy atom. The summed E-state index contributed by atoms with van der Waals surface area (Å²) < 4.78 is 2.21. The molecule has 34 heavy (non-hydrogen) atoms. The summed E-state index contributed by atoms with van der Waals surface area (Å²) >= 11 is 0. The Morgan fingerprint density at radius 1 is 0.912 bits per heavy atom. The first-order valence-electron chi connectivity index (χ1n) is 11.1. The zero-order valence-electron chi connectivity index (χ0n) is 19.1. The number of nitrogens with zero attached hydrogens (tertiary/aromatic N) is 2. The average Bonchev–Trinajstić information content (AvgIpc) is 3.28. The Kier molecular flexibility index (Phi) is 5.21. The third-order valence-electron chi connectivity index (χ3n) is 6.15. The monoisotopic (exact) mass is 450 g/mol. The van der Waals surface area contributed by atoms with Gasteiger partial charge in [0.25, 0.3) is 0 Å². The van der Waals surface area contributed by atoms with Crippen LogP contribution in [0.25, 0.3) is 27.9 Å². The Bertz CT molecular complexity index is 1550. The lowest BCUT2D eigenvalue weighted by Gasteiger charge is -2.04. The number of aryl methyl sites for hydroxylation is 1. The number of carbonyl (C=O) groups excluding carboxylic acids is 3. The minimum atomic E-state index is -0.473. The van der Waals surface area contributed by atoms with Crippen LogP contribution in [-0.4, -0.2) is 27.8 Å². The van der Waals surface area contributed by atoms with Gasteiger partial charge >= 0.3 is 5.97 Å². The van der Waals surface area contributed by atoms with Crippen molar-refractivity contribution < 1.29 is 19.2 Å². The highest BCUT2D eigenvalue weighted by molar-refractivity contribution is 6.41. The SMILES string of the molecule is CCn1c2ccc(C=C3C(=O)c4ccccc4C3=O)cc2c2cc(C(C)=NOC(C)=O)ccc21. The maximum atomic E-state index is 12.8. The Hall–Kier alpha value is -4.32. The average molecular weight is 450 g/mol. The molecule has 4 aromatic rings. The summed E-state index contributed by atoms with van der Waals surface area (Å²) in [7, 11) is 0. The van der Waals surface area contributed by atoms with Crippen molar-refractivity contribution in [3.8, 4) is 0 Å². The zero-order valence-corrected chi connectivity index (χ0v) is 19.1. The van der Waals surface area contributed by atoms with Crippen LogP contribution in [0.2, 0.25) is 0 Å². The fraction of sp³-hybridized carbons (Fsp3) is 0.143. The molecule has 1 aliphatic rings. The molecule has 6 heteroatoms. The van der Waals surface area contributed by atoms with E-state index in [1.54, 1.807) is 37.3 Å². The number of hydrogen-bond donors (Lipinski definition) is 0. The molecule has 0 saturated carbocycles. The summed E-state index contributed by atoms with van der Waals surface area (Å²) in [5.41, 5.74) is 5.42. The summed E-state index contributed by atoms with van der Waals surface area (Å²) in [5.74, 6) is -0.952. The number of allylic oxidation sites excluding steroid dienone is 1. The van der Waals surface area contributed by atoms with Gasteiger partial charge in [-0.1, -0.05) is 41.6 Å². The molecule has 0 unspecified atom stereocenters. The van der Waals surface area contributed by atoms with Gasteiger partial charge in [-0.15, -0.1) is 0 Å². The lowest BCUT2D eigenvalue weighted by Crippen LogP contribution is -2.00. The van der Waals surface area contributed by atoms with Crippen molar-refractivity contribution in [3.05, 3.63) is 88.5 Å². The maximum Gasteiger partial charge on any atom is 0.331 e. The summed E-state index contributed by atoms with van der Waals surface area (Å²) in [4.78, 5) is 41.6. The van der Waals surface area contributed by atoms with Crippen LogP contribution in [0.5, 0.6) is 0 Å². The number of fused-ring (bicyclic) bond motifs is 4. The highest BCUT2D eigenvalue weighted by Gasteiger charge is 2.32. The predicted octanol–water partition coefficient (Wildman–Crippen LogP) is 5.56. The summed E-state index contributed by atoms with van der Waals surface area (Å²) in [6.07, 6.45) is 1.68. The highest BCUT2D eigenvalue weighted by Crippen LogP contribution is 2.33. The topological polar surface area (TPSA) is 77.7 Å². The Balaban J connectivity index is 1.64. The van der Waals surface area contributed by atoms with Crippen molar-refractivity contribution in [2.24, 2.45) is 5.16 Å². The number of oxime groups is 1. The van der Waals surface area contributed by atoms with Crippen LogP contribution in [0.15, 0.2) is 71.4 Å². The molecule has 6 nitrogen and oxygen atoms in total. The number of aromatic nitrogens is 1. The number of rotatable bonds is 4. The first-order chi connectivity index (χ1) is 16.4. The second-order valence-electron chi connectivity index (χ2n) is 8.27. The third kappa shape index (κ3) is 3.44.